The third-order valence-electron chi connectivity index (χ3n) is 4.07. The quantitative estimate of drug-likeness (QED) is 0.813. The standard InChI is InChI=1S/C12H22N2O2.ClH/c1-8-5-6-14(9(8)2)12(15)11-4-3-10(7-13)16-11;/h8-11H,3-7,13H2,1-2H3;1H/t8?,9?,10-,11+;/m1./s1. The van der Waals surface area contributed by atoms with Crippen molar-refractivity contribution in [3.05, 3.63) is 0 Å². The maximum Gasteiger partial charge on any atom is 0.251 e. The normalized spacial score (nSPS) is 37.0. The Kier molecular flexibility index (Phi) is 5.22. The SMILES string of the molecule is CC1CCN(C(=O)[C@@H]2CC[C@H](CN)O2)C1C.Cl. The van der Waals surface area contributed by atoms with Crippen LogP contribution in [0.4, 0.5) is 0 Å². The fourth-order valence-electron chi connectivity index (χ4n) is 2.65. The summed E-state index contributed by atoms with van der Waals surface area (Å²) in [6, 6.07) is 0.355. The van der Waals surface area contributed by atoms with Crippen molar-refractivity contribution >= 4 is 18.3 Å². The summed E-state index contributed by atoms with van der Waals surface area (Å²) in [6.45, 7) is 5.74. The monoisotopic (exact) mass is 262 g/mol. The molecule has 2 heterocycles. The second-order valence-electron chi connectivity index (χ2n) is 5.10. The minimum absolute atomic E-state index is 0. The first-order valence-electron chi connectivity index (χ1n) is 6.29. The molecule has 1 amide bonds. The molecule has 2 fully saturated rings. The molecule has 0 bridgehead atoms. The fraction of sp³-hybridized carbons (Fsp3) is 0.917. The van der Waals surface area contributed by atoms with Gasteiger partial charge in [-0.15, -0.1) is 12.4 Å². The highest BCUT2D eigenvalue weighted by Gasteiger charge is 2.38. The summed E-state index contributed by atoms with van der Waals surface area (Å²) in [5.74, 6) is 0.781. The van der Waals surface area contributed by atoms with Crippen LogP contribution in [0.5, 0.6) is 0 Å². The molecule has 2 aliphatic rings. The number of likely N-dealkylation sites (tertiary alicyclic amines) is 1. The van der Waals surface area contributed by atoms with Gasteiger partial charge in [-0.1, -0.05) is 6.92 Å². The molecule has 5 heteroatoms. The van der Waals surface area contributed by atoms with Crippen molar-refractivity contribution in [2.75, 3.05) is 13.1 Å². The van der Waals surface area contributed by atoms with Crippen molar-refractivity contribution < 1.29 is 9.53 Å². The first kappa shape index (κ1) is 14.7. The maximum atomic E-state index is 12.2. The summed E-state index contributed by atoms with van der Waals surface area (Å²) < 4.78 is 5.65. The second kappa shape index (κ2) is 6.03. The van der Waals surface area contributed by atoms with Crippen LogP contribution in [-0.2, 0) is 9.53 Å². The number of rotatable bonds is 2. The third kappa shape index (κ3) is 2.92. The molecule has 0 saturated carbocycles. The van der Waals surface area contributed by atoms with Gasteiger partial charge in [-0.2, -0.15) is 0 Å². The van der Waals surface area contributed by atoms with Gasteiger partial charge in [0.1, 0.15) is 6.10 Å². The number of nitrogens with zero attached hydrogens (tertiary/aromatic N) is 1. The molecule has 100 valence electrons. The van der Waals surface area contributed by atoms with Crippen LogP contribution in [0, 0.1) is 5.92 Å². The lowest BCUT2D eigenvalue weighted by Gasteiger charge is -2.26. The molecule has 2 rings (SSSR count). The number of hydrogen-bond acceptors (Lipinski definition) is 3. The van der Waals surface area contributed by atoms with E-state index in [1.807, 2.05) is 4.90 Å². The lowest BCUT2D eigenvalue weighted by atomic mass is 10.0. The molecule has 2 aliphatic heterocycles. The van der Waals surface area contributed by atoms with Crippen LogP contribution in [0.2, 0.25) is 0 Å². The number of halogens is 1. The predicted octanol–water partition coefficient (Wildman–Crippen LogP) is 1.17. The number of nitrogens with two attached hydrogens (primary N) is 1. The summed E-state index contributed by atoms with van der Waals surface area (Å²) >= 11 is 0. The number of carbonyl (C=O) groups is 1. The Balaban J connectivity index is 0.00000144. The van der Waals surface area contributed by atoms with Gasteiger partial charge in [-0.3, -0.25) is 4.79 Å². The Morgan fingerprint density at radius 2 is 2.06 bits per heavy atom. The van der Waals surface area contributed by atoms with Gasteiger partial charge >= 0.3 is 0 Å². The average molecular weight is 263 g/mol. The van der Waals surface area contributed by atoms with Gasteiger partial charge in [0, 0.05) is 19.1 Å². The molecule has 0 spiro atoms. The summed E-state index contributed by atoms with van der Waals surface area (Å²) in [6.07, 6.45) is 2.72. The molecule has 0 aromatic carbocycles. The molecule has 17 heavy (non-hydrogen) atoms. The zero-order valence-electron chi connectivity index (χ0n) is 10.6. The molecule has 0 aliphatic carbocycles. The molecule has 2 unspecified atom stereocenters. The highest BCUT2D eigenvalue weighted by Crippen LogP contribution is 2.27. The topological polar surface area (TPSA) is 55.6 Å². The summed E-state index contributed by atoms with van der Waals surface area (Å²) in [5.41, 5.74) is 5.55. The Bertz CT molecular complexity index is 275. The van der Waals surface area contributed by atoms with E-state index in [1.54, 1.807) is 0 Å². The fourth-order valence-corrected chi connectivity index (χ4v) is 2.65. The molecule has 0 aromatic rings. The van der Waals surface area contributed by atoms with Crippen LogP contribution in [0.3, 0.4) is 0 Å². The van der Waals surface area contributed by atoms with Gasteiger partial charge in [-0.05, 0) is 32.1 Å². The first-order valence-corrected chi connectivity index (χ1v) is 6.29. The van der Waals surface area contributed by atoms with Crippen molar-refractivity contribution in [1.29, 1.82) is 0 Å². The highest BCUT2D eigenvalue weighted by atomic mass is 35.5. The largest absolute Gasteiger partial charge is 0.364 e. The Morgan fingerprint density at radius 1 is 1.35 bits per heavy atom. The predicted molar refractivity (Wildman–Crippen MR) is 69.2 cm³/mol. The van der Waals surface area contributed by atoms with E-state index in [0.29, 0.717) is 18.5 Å². The van der Waals surface area contributed by atoms with Gasteiger partial charge in [0.25, 0.3) is 5.91 Å². The highest BCUT2D eigenvalue weighted by molar-refractivity contribution is 5.85. The zero-order valence-corrected chi connectivity index (χ0v) is 11.4. The van der Waals surface area contributed by atoms with Gasteiger partial charge in [0.15, 0.2) is 0 Å². The number of carbonyl (C=O) groups excluding carboxylic acids is 1. The van der Waals surface area contributed by atoms with E-state index in [9.17, 15) is 4.79 Å². The van der Waals surface area contributed by atoms with Crippen molar-refractivity contribution in [3.63, 3.8) is 0 Å². The van der Waals surface area contributed by atoms with E-state index in [-0.39, 0.29) is 30.5 Å². The van der Waals surface area contributed by atoms with Crippen LogP contribution < -0.4 is 5.73 Å². The average Bonchev–Trinajstić information content (AvgIpc) is 2.87. The third-order valence-corrected chi connectivity index (χ3v) is 4.07. The van der Waals surface area contributed by atoms with Gasteiger partial charge in [0.2, 0.25) is 0 Å². The van der Waals surface area contributed by atoms with Gasteiger partial charge < -0.3 is 15.4 Å². The molecule has 2 N–H and O–H groups in total. The van der Waals surface area contributed by atoms with E-state index in [1.165, 1.54) is 0 Å². The summed E-state index contributed by atoms with van der Waals surface area (Å²) in [5, 5.41) is 0. The lowest BCUT2D eigenvalue weighted by Crippen LogP contribution is -2.42. The van der Waals surface area contributed by atoms with E-state index in [2.05, 4.69) is 13.8 Å². The molecular formula is C12H23ClN2O2. The van der Waals surface area contributed by atoms with Gasteiger partial charge in [0.05, 0.1) is 6.10 Å². The Hall–Kier alpha value is -0.320. The van der Waals surface area contributed by atoms with Crippen LogP contribution in [0.1, 0.15) is 33.1 Å². The van der Waals surface area contributed by atoms with E-state index in [4.69, 9.17) is 10.5 Å². The van der Waals surface area contributed by atoms with Crippen molar-refractivity contribution in [1.82, 2.24) is 4.90 Å². The van der Waals surface area contributed by atoms with E-state index >= 15 is 0 Å². The summed E-state index contributed by atoms with van der Waals surface area (Å²) in [4.78, 5) is 14.2. The molecule has 4 atom stereocenters. The maximum absolute atomic E-state index is 12.2. The Morgan fingerprint density at radius 3 is 2.53 bits per heavy atom. The number of amides is 1. The van der Waals surface area contributed by atoms with Crippen LogP contribution in [0.15, 0.2) is 0 Å². The minimum Gasteiger partial charge on any atom is -0.364 e. The number of ether oxygens (including phenoxy) is 1. The van der Waals surface area contributed by atoms with Crippen LogP contribution in [-0.4, -0.2) is 42.1 Å². The number of hydrogen-bond donors (Lipinski definition) is 1. The van der Waals surface area contributed by atoms with Crippen LogP contribution in [0.25, 0.3) is 0 Å². The molecule has 0 radical (unpaired) electrons. The molecule has 0 aromatic heterocycles. The Labute approximate surface area is 109 Å². The summed E-state index contributed by atoms with van der Waals surface area (Å²) in [7, 11) is 0. The second-order valence-corrected chi connectivity index (χ2v) is 5.10. The molecule has 2 saturated heterocycles. The first-order chi connectivity index (χ1) is 7.63. The minimum atomic E-state index is -0.235. The zero-order chi connectivity index (χ0) is 11.7. The van der Waals surface area contributed by atoms with E-state index in [0.717, 1.165) is 25.8 Å². The molecular weight excluding hydrogens is 240 g/mol. The van der Waals surface area contributed by atoms with Gasteiger partial charge in [-0.25, -0.2) is 0 Å². The van der Waals surface area contributed by atoms with Crippen molar-refractivity contribution in [2.24, 2.45) is 11.7 Å². The van der Waals surface area contributed by atoms with Crippen LogP contribution >= 0.6 is 12.4 Å². The molecule has 4 nitrogen and oxygen atoms in total. The lowest BCUT2D eigenvalue weighted by molar-refractivity contribution is -0.143. The smallest absolute Gasteiger partial charge is 0.251 e. The van der Waals surface area contributed by atoms with Crippen molar-refractivity contribution in [2.45, 2.75) is 51.4 Å². The van der Waals surface area contributed by atoms with Crippen molar-refractivity contribution in [3.8, 4) is 0 Å². The van der Waals surface area contributed by atoms with E-state index < -0.39 is 0 Å².